The van der Waals surface area contributed by atoms with Gasteiger partial charge in [0.1, 0.15) is 5.75 Å². The Kier molecular flexibility index (Phi) is 9.59. The fourth-order valence-corrected chi connectivity index (χ4v) is 6.66. The smallest absolute Gasteiger partial charge is 0.303 e. The van der Waals surface area contributed by atoms with Crippen molar-refractivity contribution in [1.29, 1.82) is 0 Å². The zero-order chi connectivity index (χ0) is 26.4. The summed E-state index contributed by atoms with van der Waals surface area (Å²) in [5, 5.41) is 22.8. The van der Waals surface area contributed by atoms with Gasteiger partial charge in [-0.15, -0.1) is 11.8 Å². The van der Waals surface area contributed by atoms with Gasteiger partial charge in [0.2, 0.25) is 0 Å². The highest BCUT2D eigenvalue weighted by Crippen LogP contribution is 2.43. The number of likely N-dealkylation sites (tertiary alicyclic amines) is 1. The van der Waals surface area contributed by atoms with Crippen LogP contribution in [0.1, 0.15) is 43.8 Å². The van der Waals surface area contributed by atoms with E-state index in [0.717, 1.165) is 59.0 Å². The van der Waals surface area contributed by atoms with Crippen molar-refractivity contribution in [2.45, 2.75) is 43.1 Å². The summed E-state index contributed by atoms with van der Waals surface area (Å²) < 4.78 is 5.35. The van der Waals surface area contributed by atoms with Gasteiger partial charge in [0, 0.05) is 39.4 Å². The molecule has 1 aromatic heterocycles. The Morgan fingerprint density at radius 3 is 2.70 bits per heavy atom. The van der Waals surface area contributed by atoms with Crippen molar-refractivity contribution >= 4 is 51.8 Å². The Morgan fingerprint density at radius 1 is 1.22 bits per heavy atom. The first-order chi connectivity index (χ1) is 17.8. The van der Waals surface area contributed by atoms with E-state index in [-0.39, 0.29) is 11.8 Å². The number of hydrogen-bond acceptors (Lipinski definition) is 6. The molecule has 0 amide bonds. The number of thioether (sulfide) groups is 1. The molecule has 6 nitrogen and oxygen atoms in total. The summed E-state index contributed by atoms with van der Waals surface area (Å²) in [6.45, 7) is 2.62. The monoisotopic (exact) mass is 562 g/mol. The number of aliphatic carboxylic acids is 1. The van der Waals surface area contributed by atoms with Crippen LogP contribution in [0.2, 0.25) is 10.0 Å². The molecule has 1 atom stereocenters. The minimum atomic E-state index is -0.831. The molecule has 0 aliphatic carbocycles. The number of ether oxygens (including phenoxy) is 1. The number of hydrogen-bond donors (Lipinski definition) is 2. The van der Waals surface area contributed by atoms with Gasteiger partial charge in [-0.2, -0.15) is 0 Å². The molecule has 4 rings (SSSR count). The highest BCUT2D eigenvalue weighted by molar-refractivity contribution is 7.99. The number of piperidine rings is 1. The van der Waals surface area contributed by atoms with Gasteiger partial charge in [0.05, 0.1) is 30.2 Å². The maximum absolute atomic E-state index is 11.8. The number of carboxylic acids is 1. The van der Waals surface area contributed by atoms with Crippen molar-refractivity contribution < 1.29 is 19.7 Å². The fourth-order valence-electron chi connectivity index (χ4n) is 5.16. The van der Waals surface area contributed by atoms with Crippen molar-refractivity contribution in [3.05, 3.63) is 64.3 Å². The number of carbonyl (C=O) groups is 1. The van der Waals surface area contributed by atoms with E-state index in [1.165, 1.54) is 0 Å². The van der Waals surface area contributed by atoms with Crippen LogP contribution >= 0.6 is 35.0 Å². The molecule has 0 radical (unpaired) electrons. The fraction of sp³-hybridized carbons (Fsp3) is 0.429. The summed E-state index contributed by atoms with van der Waals surface area (Å²) in [4.78, 5) is 19.7. The second-order valence-electron chi connectivity index (χ2n) is 9.68. The third kappa shape index (κ3) is 7.30. The van der Waals surface area contributed by atoms with E-state index in [1.807, 2.05) is 36.4 Å². The molecule has 0 saturated carbocycles. The molecule has 1 saturated heterocycles. The number of carboxylic acid groups (broad SMARTS) is 1. The van der Waals surface area contributed by atoms with Gasteiger partial charge < -0.3 is 19.8 Å². The van der Waals surface area contributed by atoms with E-state index in [9.17, 15) is 15.0 Å². The van der Waals surface area contributed by atoms with Crippen LogP contribution in [0.3, 0.4) is 0 Å². The molecule has 2 aromatic carbocycles. The Labute approximate surface area is 231 Å². The first-order valence-electron chi connectivity index (χ1n) is 12.4. The van der Waals surface area contributed by atoms with Gasteiger partial charge in [-0.25, -0.2) is 0 Å². The number of pyridine rings is 1. The zero-order valence-electron chi connectivity index (χ0n) is 20.8. The Balaban J connectivity index is 1.38. The second kappa shape index (κ2) is 12.7. The maximum Gasteiger partial charge on any atom is 0.303 e. The summed E-state index contributed by atoms with van der Waals surface area (Å²) >= 11 is 14.3. The normalized spacial score (nSPS) is 16.5. The molecule has 2 heterocycles. The van der Waals surface area contributed by atoms with E-state index in [0.29, 0.717) is 29.2 Å². The summed E-state index contributed by atoms with van der Waals surface area (Å²) in [5.74, 6) is 0.812. The number of benzene rings is 2. The molecule has 0 bridgehead atoms. The lowest BCUT2D eigenvalue weighted by Gasteiger charge is -2.41. The number of rotatable bonds is 11. The quantitative estimate of drug-likeness (QED) is 0.251. The van der Waals surface area contributed by atoms with Crippen LogP contribution in [0.5, 0.6) is 5.75 Å². The minimum Gasteiger partial charge on any atom is -0.497 e. The Hall–Kier alpha value is -2.03. The van der Waals surface area contributed by atoms with Crippen LogP contribution in [-0.2, 0) is 4.79 Å². The number of aliphatic hydroxyl groups is 1. The molecule has 198 valence electrons. The molecule has 1 aliphatic heterocycles. The third-order valence-electron chi connectivity index (χ3n) is 7.26. The summed E-state index contributed by atoms with van der Waals surface area (Å²) in [6.07, 6.45) is 3.43. The van der Waals surface area contributed by atoms with Crippen molar-refractivity contribution in [1.82, 2.24) is 9.88 Å². The van der Waals surface area contributed by atoms with Gasteiger partial charge in [0.15, 0.2) is 0 Å². The minimum absolute atomic E-state index is 0.101. The van der Waals surface area contributed by atoms with Crippen LogP contribution in [0.15, 0.2) is 53.6 Å². The van der Waals surface area contributed by atoms with Gasteiger partial charge >= 0.3 is 5.97 Å². The maximum atomic E-state index is 11.8. The number of halogens is 2. The number of methoxy groups -OCH3 is 1. The lowest BCUT2D eigenvalue weighted by atomic mass is 9.71. The van der Waals surface area contributed by atoms with Crippen molar-refractivity contribution in [2.24, 2.45) is 5.41 Å². The molecule has 0 unspecified atom stereocenters. The van der Waals surface area contributed by atoms with Gasteiger partial charge in [0.25, 0.3) is 0 Å². The van der Waals surface area contributed by atoms with Crippen molar-refractivity contribution in [2.75, 3.05) is 32.5 Å². The predicted molar refractivity (Wildman–Crippen MR) is 150 cm³/mol. The largest absolute Gasteiger partial charge is 0.497 e. The highest BCUT2D eigenvalue weighted by atomic mass is 35.5. The predicted octanol–water partition coefficient (Wildman–Crippen LogP) is 6.71. The molecule has 3 aromatic rings. The van der Waals surface area contributed by atoms with Crippen LogP contribution in [-0.4, -0.2) is 58.6 Å². The molecular formula is C28H32Cl2N2O4S. The number of nitrogens with zero attached hydrogens (tertiary/aromatic N) is 2. The topological polar surface area (TPSA) is 82.9 Å². The Morgan fingerprint density at radius 2 is 2.00 bits per heavy atom. The molecule has 1 fully saturated rings. The molecular weight excluding hydrogens is 531 g/mol. The summed E-state index contributed by atoms with van der Waals surface area (Å²) in [7, 11) is 1.59. The number of fused-ring (bicyclic) bond motifs is 1. The van der Waals surface area contributed by atoms with Crippen LogP contribution < -0.4 is 4.74 Å². The summed E-state index contributed by atoms with van der Waals surface area (Å²) in [5.41, 5.74) is 0.992. The van der Waals surface area contributed by atoms with E-state index in [2.05, 4.69) is 16.0 Å². The highest BCUT2D eigenvalue weighted by Gasteiger charge is 2.37. The third-order valence-corrected chi connectivity index (χ3v) is 8.78. The van der Waals surface area contributed by atoms with Crippen molar-refractivity contribution in [3.8, 4) is 5.75 Å². The Bertz CT molecular complexity index is 1230. The van der Waals surface area contributed by atoms with E-state index in [4.69, 9.17) is 27.9 Å². The standard InChI is InChI=1S/C28H32Cl2N2O4S/c1-36-20-5-6-24-22(16-20)27(23(30)18-31-24)25(33)7-8-28(17-26(34)35)9-11-32(12-10-28)13-14-37-21-4-2-3-19(29)15-21/h2-6,15-16,18,25,33H,7-14,17H2,1H3,(H,34,35)/t25-/m1/s1. The first kappa shape index (κ1) is 28.0. The second-order valence-corrected chi connectivity index (χ2v) is 11.7. The first-order valence-corrected chi connectivity index (χ1v) is 14.2. The van der Waals surface area contributed by atoms with Crippen LogP contribution in [0, 0.1) is 5.41 Å². The van der Waals surface area contributed by atoms with Crippen molar-refractivity contribution in [3.63, 3.8) is 0 Å². The number of aliphatic hydroxyl groups excluding tert-OH is 1. The van der Waals surface area contributed by atoms with Gasteiger partial charge in [-0.1, -0.05) is 29.3 Å². The van der Waals surface area contributed by atoms with E-state index in [1.54, 1.807) is 25.1 Å². The van der Waals surface area contributed by atoms with Gasteiger partial charge in [-0.3, -0.25) is 9.78 Å². The van der Waals surface area contributed by atoms with Gasteiger partial charge in [-0.05, 0) is 80.6 Å². The summed E-state index contributed by atoms with van der Waals surface area (Å²) in [6, 6.07) is 13.4. The molecule has 37 heavy (non-hydrogen) atoms. The lowest BCUT2D eigenvalue weighted by Crippen LogP contribution is -2.42. The molecule has 1 aliphatic rings. The van der Waals surface area contributed by atoms with Crippen LogP contribution in [0.25, 0.3) is 10.9 Å². The van der Waals surface area contributed by atoms with Crippen LogP contribution in [0.4, 0.5) is 0 Å². The molecule has 2 N–H and O–H groups in total. The van der Waals surface area contributed by atoms with E-state index < -0.39 is 12.1 Å². The average molecular weight is 564 g/mol. The molecule has 9 heteroatoms. The zero-order valence-corrected chi connectivity index (χ0v) is 23.2. The molecule has 0 spiro atoms. The number of aromatic nitrogens is 1. The average Bonchev–Trinajstić information content (AvgIpc) is 2.88. The van der Waals surface area contributed by atoms with E-state index >= 15 is 0 Å². The SMILES string of the molecule is COc1ccc2ncc(Cl)c([C@H](O)CCC3(CC(=O)O)CCN(CCSc4cccc(Cl)c4)CC3)c2c1. The lowest BCUT2D eigenvalue weighted by molar-refractivity contribution is -0.141.